The molecule has 1 nitrogen and oxygen atoms in total. The van der Waals surface area contributed by atoms with Crippen molar-refractivity contribution in [1.82, 2.24) is 4.98 Å². The first-order valence-corrected chi connectivity index (χ1v) is 6.83. The fraction of sp³-hybridized carbons (Fsp3) is 0. The van der Waals surface area contributed by atoms with Gasteiger partial charge in [0.1, 0.15) is 0 Å². The molecule has 0 N–H and O–H groups in total. The van der Waals surface area contributed by atoms with Gasteiger partial charge in [-0.1, -0.05) is 48.5 Å². The summed E-state index contributed by atoms with van der Waals surface area (Å²) in [6.45, 7) is 0. The summed E-state index contributed by atoms with van der Waals surface area (Å²) in [7, 11) is 0. The molecule has 5 rings (SSSR count). The van der Waals surface area contributed by atoms with Crippen molar-refractivity contribution in [3.05, 3.63) is 86.9 Å². The lowest BCUT2D eigenvalue weighted by Crippen LogP contribution is -2.07. The highest BCUT2D eigenvalue weighted by Gasteiger charge is 2.15. The van der Waals surface area contributed by atoms with E-state index in [0.29, 0.717) is 0 Å². The summed E-state index contributed by atoms with van der Waals surface area (Å²) < 4.78 is 0. The fourth-order valence-corrected chi connectivity index (χ4v) is 3.32. The number of aromatic nitrogens is 1. The highest BCUT2D eigenvalue weighted by Crippen LogP contribution is 2.26. The molecule has 0 amide bonds. The molecule has 2 aliphatic rings. The van der Waals surface area contributed by atoms with Crippen LogP contribution < -0.4 is 10.4 Å². The first-order valence-electron chi connectivity index (χ1n) is 6.83. The molecule has 2 aliphatic carbocycles. The van der Waals surface area contributed by atoms with Gasteiger partial charge in [0.2, 0.25) is 0 Å². The second-order valence-electron chi connectivity index (χ2n) is 5.31. The smallest absolute Gasteiger partial charge is 0.0720 e. The Balaban J connectivity index is 2.08. The van der Waals surface area contributed by atoms with Gasteiger partial charge in [0, 0.05) is 17.0 Å². The SMILES string of the molecule is C1=c2ccccc2=c2c1ncc1c2=Cc2ccccc2-1. The van der Waals surface area contributed by atoms with Gasteiger partial charge < -0.3 is 0 Å². The Hall–Kier alpha value is -2.67. The minimum atomic E-state index is 1.09. The van der Waals surface area contributed by atoms with Crippen molar-refractivity contribution in [1.29, 1.82) is 0 Å². The Kier molecular flexibility index (Phi) is 1.75. The maximum absolute atomic E-state index is 4.67. The average Bonchev–Trinajstić information content (AvgIpc) is 3.04. The van der Waals surface area contributed by atoms with Crippen LogP contribution in [0.2, 0.25) is 0 Å². The van der Waals surface area contributed by atoms with Gasteiger partial charge in [-0.15, -0.1) is 0 Å². The molecule has 3 aromatic rings. The van der Waals surface area contributed by atoms with Gasteiger partial charge in [-0.25, -0.2) is 0 Å². The molecule has 0 bridgehead atoms. The van der Waals surface area contributed by atoms with E-state index >= 15 is 0 Å². The lowest BCUT2D eigenvalue weighted by Gasteiger charge is -2.00. The molecular weight excluding hydrogens is 242 g/mol. The molecule has 0 spiro atoms. The van der Waals surface area contributed by atoms with Gasteiger partial charge in [0.15, 0.2) is 0 Å². The van der Waals surface area contributed by atoms with E-state index in [-0.39, 0.29) is 0 Å². The van der Waals surface area contributed by atoms with Crippen molar-refractivity contribution >= 4 is 12.2 Å². The predicted octanol–water partition coefficient (Wildman–Crippen LogP) is 2.32. The van der Waals surface area contributed by atoms with Crippen molar-refractivity contribution in [2.45, 2.75) is 0 Å². The maximum atomic E-state index is 4.67. The average molecular weight is 253 g/mol. The van der Waals surface area contributed by atoms with E-state index in [2.05, 4.69) is 65.7 Å². The van der Waals surface area contributed by atoms with Crippen LogP contribution in [-0.2, 0) is 0 Å². The van der Waals surface area contributed by atoms with Crippen molar-refractivity contribution < 1.29 is 0 Å². The summed E-state index contributed by atoms with van der Waals surface area (Å²) in [6.07, 6.45) is 6.49. The molecule has 1 heteroatoms. The number of benzene rings is 2. The molecule has 0 aliphatic heterocycles. The Morgan fingerprint density at radius 2 is 1.60 bits per heavy atom. The van der Waals surface area contributed by atoms with Crippen LogP contribution in [0.3, 0.4) is 0 Å². The van der Waals surface area contributed by atoms with Crippen molar-refractivity contribution in [3.63, 3.8) is 0 Å². The van der Waals surface area contributed by atoms with E-state index in [1.165, 1.54) is 37.6 Å². The van der Waals surface area contributed by atoms with Crippen LogP contribution in [0.5, 0.6) is 0 Å². The van der Waals surface area contributed by atoms with Crippen LogP contribution in [-0.4, -0.2) is 4.98 Å². The first-order chi connectivity index (χ1) is 9.92. The summed E-state index contributed by atoms with van der Waals surface area (Å²) in [5.41, 5.74) is 4.93. The number of hydrogen-bond donors (Lipinski definition) is 0. The predicted molar refractivity (Wildman–Crippen MR) is 80.2 cm³/mol. The Labute approximate surface area is 115 Å². The minimum Gasteiger partial charge on any atom is -0.256 e. The second kappa shape index (κ2) is 3.45. The number of pyridine rings is 1. The molecule has 0 atom stereocenters. The van der Waals surface area contributed by atoms with Crippen molar-refractivity contribution in [3.8, 4) is 11.1 Å². The molecule has 0 saturated carbocycles. The standard InChI is InChI=1S/C19H11N/c1-3-7-14-12(5-1)9-16-17(14)11-20-18-10-13-6-2-4-8-15(13)19(16)18/h1-11H. The van der Waals surface area contributed by atoms with E-state index in [1.807, 2.05) is 6.20 Å². The Morgan fingerprint density at radius 1 is 0.750 bits per heavy atom. The Bertz CT molecular complexity index is 1090. The van der Waals surface area contributed by atoms with Crippen LogP contribution in [0.4, 0.5) is 0 Å². The molecular formula is C19H11N. The first kappa shape index (κ1) is 10.2. The molecule has 1 heterocycles. The molecule has 0 radical (unpaired) electrons. The van der Waals surface area contributed by atoms with Crippen LogP contribution in [0, 0.1) is 10.4 Å². The highest BCUT2D eigenvalue weighted by molar-refractivity contribution is 5.83. The highest BCUT2D eigenvalue weighted by atomic mass is 14.7. The van der Waals surface area contributed by atoms with E-state index in [0.717, 1.165) is 5.69 Å². The number of rotatable bonds is 0. The normalized spacial score (nSPS) is 12.8. The van der Waals surface area contributed by atoms with Gasteiger partial charge >= 0.3 is 0 Å². The monoisotopic (exact) mass is 253 g/mol. The summed E-state index contributed by atoms with van der Waals surface area (Å²) in [5.74, 6) is 0. The zero-order valence-corrected chi connectivity index (χ0v) is 10.8. The summed E-state index contributed by atoms with van der Waals surface area (Å²) in [5, 5.41) is 5.18. The van der Waals surface area contributed by atoms with Gasteiger partial charge in [-0.05, 0) is 38.9 Å². The molecule has 0 unspecified atom stereocenters. The third-order valence-electron chi connectivity index (χ3n) is 4.22. The van der Waals surface area contributed by atoms with E-state index < -0.39 is 0 Å². The molecule has 92 valence electrons. The molecule has 0 fully saturated rings. The Morgan fingerprint density at radius 3 is 2.60 bits per heavy atom. The minimum absolute atomic E-state index is 1.09. The summed E-state index contributed by atoms with van der Waals surface area (Å²) in [6, 6.07) is 17.1. The quantitative estimate of drug-likeness (QED) is 0.413. The molecule has 20 heavy (non-hydrogen) atoms. The van der Waals surface area contributed by atoms with Gasteiger partial charge in [0.05, 0.1) is 5.69 Å². The van der Waals surface area contributed by atoms with Crippen molar-refractivity contribution in [2.24, 2.45) is 0 Å². The zero-order valence-electron chi connectivity index (χ0n) is 10.8. The maximum Gasteiger partial charge on any atom is 0.0720 e. The van der Waals surface area contributed by atoms with E-state index in [4.69, 9.17) is 0 Å². The fourth-order valence-electron chi connectivity index (χ4n) is 3.32. The van der Waals surface area contributed by atoms with E-state index in [1.54, 1.807) is 0 Å². The number of nitrogens with zero attached hydrogens (tertiary/aromatic N) is 1. The number of hydrogen-bond acceptors (Lipinski definition) is 1. The number of fused-ring (bicyclic) bond motifs is 6. The topological polar surface area (TPSA) is 12.9 Å². The van der Waals surface area contributed by atoms with Crippen LogP contribution in [0.15, 0.2) is 54.7 Å². The lowest BCUT2D eigenvalue weighted by molar-refractivity contribution is 1.25. The second-order valence-corrected chi connectivity index (χ2v) is 5.31. The summed E-state index contributed by atoms with van der Waals surface area (Å²) >= 11 is 0. The van der Waals surface area contributed by atoms with Crippen molar-refractivity contribution in [2.75, 3.05) is 0 Å². The molecule has 1 aromatic heterocycles. The summed E-state index contributed by atoms with van der Waals surface area (Å²) in [4.78, 5) is 4.67. The third-order valence-corrected chi connectivity index (χ3v) is 4.22. The van der Waals surface area contributed by atoms with Crippen LogP contribution >= 0.6 is 0 Å². The van der Waals surface area contributed by atoms with Gasteiger partial charge in [-0.3, -0.25) is 4.98 Å². The van der Waals surface area contributed by atoms with Gasteiger partial charge in [-0.2, -0.15) is 0 Å². The largest absolute Gasteiger partial charge is 0.256 e. The van der Waals surface area contributed by atoms with Crippen LogP contribution in [0.1, 0.15) is 11.3 Å². The van der Waals surface area contributed by atoms with Crippen LogP contribution in [0.25, 0.3) is 23.3 Å². The molecule has 0 saturated heterocycles. The third kappa shape index (κ3) is 1.15. The van der Waals surface area contributed by atoms with E-state index in [9.17, 15) is 0 Å². The molecule has 2 aromatic carbocycles. The van der Waals surface area contributed by atoms with Gasteiger partial charge in [0.25, 0.3) is 0 Å². The zero-order chi connectivity index (χ0) is 13.1. The lowest BCUT2D eigenvalue weighted by atomic mass is 10.1.